The van der Waals surface area contributed by atoms with Crippen LogP contribution < -0.4 is 5.32 Å². The summed E-state index contributed by atoms with van der Waals surface area (Å²) >= 11 is 0. The maximum Gasteiger partial charge on any atom is 0.335 e. The van der Waals surface area contributed by atoms with Crippen LogP contribution in [0.5, 0.6) is 0 Å². The van der Waals surface area contributed by atoms with E-state index in [1.165, 1.54) is 23.3 Å². The van der Waals surface area contributed by atoms with Crippen LogP contribution in [0.4, 0.5) is 0 Å². The van der Waals surface area contributed by atoms with E-state index in [0.29, 0.717) is 18.0 Å². The lowest BCUT2D eigenvalue weighted by Gasteiger charge is -2.17. The number of hydrogen-bond donors (Lipinski definition) is 2. The maximum atomic E-state index is 12.2. The normalized spacial score (nSPS) is 17.2. The van der Waals surface area contributed by atoms with Crippen LogP contribution >= 0.6 is 0 Å². The van der Waals surface area contributed by atoms with Crippen molar-refractivity contribution in [1.82, 2.24) is 10.2 Å². The van der Waals surface area contributed by atoms with Gasteiger partial charge in [0.2, 0.25) is 0 Å². The Bertz CT molecular complexity index is 786. The summed E-state index contributed by atoms with van der Waals surface area (Å²) in [6.07, 6.45) is 1.15. The maximum absolute atomic E-state index is 12.2. The molecule has 0 bridgehead atoms. The predicted octanol–water partition coefficient (Wildman–Crippen LogP) is 2.91. The first-order valence-corrected chi connectivity index (χ1v) is 8.94. The highest BCUT2D eigenvalue weighted by atomic mass is 16.4. The van der Waals surface area contributed by atoms with Crippen LogP contribution in [0.25, 0.3) is 0 Å². The van der Waals surface area contributed by atoms with Gasteiger partial charge in [0.25, 0.3) is 5.91 Å². The Morgan fingerprint density at radius 2 is 1.81 bits per heavy atom. The molecule has 1 amide bonds. The van der Waals surface area contributed by atoms with Gasteiger partial charge >= 0.3 is 5.97 Å². The molecule has 5 nitrogen and oxygen atoms in total. The van der Waals surface area contributed by atoms with Crippen molar-refractivity contribution in [3.05, 3.63) is 70.8 Å². The van der Waals surface area contributed by atoms with Crippen LogP contribution in [0.15, 0.2) is 48.5 Å². The molecule has 1 aliphatic heterocycles. The molecule has 5 heteroatoms. The van der Waals surface area contributed by atoms with Gasteiger partial charge in [-0.15, -0.1) is 0 Å². The van der Waals surface area contributed by atoms with E-state index in [4.69, 9.17) is 5.11 Å². The van der Waals surface area contributed by atoms with Crippen molar-refractivity contribution in [1.29, 1.82) is 0 Å². The smallest absolute Gasteiger partial charge is 0.335 e. The van der Waals surface area contributed by atoms with Crippen molar-refractivity contribution in [2.75, 3.05) is 26.2 Å². The molecule has 0 aliphatic carbocycles. The van der Waals surface area contributed by atoms with E-state index in [1.54, 1.807) is 12.1 Å². The molecule has 136 valence electrons. The Labute approximate surface area is 153 Å². The molecule has 1 heterocycles. The number of carboxylic acid groups (broad SMARTS) is 1. The monoisotopic (exact) mass is 352 g/mol. The third kappa shape index (κ3) is 4.29. The zero-order chi connectivity index (χ0) is 18.5. The number of benzene rings is 2. The van der Waals surface area contributed by atoms with Crippen LogP contribution in [0.1, 0.15) is 44.2 Å². The summed E-state index contributed by atoms with van der Waals surface area (Å²) in [6, 6.07) is 14.5. The van der Waals surface area contributed by atoms with Gasteiger partial charge in [-0.05, 0) is 61.2 Å². The molecule has 2 N–H and O–H groups in total. The topological polar surface area (TPSA) is 69.6 Å². The van der Waals surface area contributed by atoms with Gasteiger partial charge in [-0.2, -0.15) is 0 Å². The zero-order valence-corrected chi connectivity index (χ0v) is 14.9. The average Bonchev–Trinajstić information content (AvgIpc) is 3.10. The molecule has 2 aromatic carbocycles. The van der Waals surface area contributed by atoms with Crippen LogP contribution in [0.2, 0.25) is 0 Å². The molecule has 0 spiro atoms. The van der Waals surface area contributed by atoms with Crippen molar-refractivity contribution in [2.45, 2.75) is 19.3 Å². The summed E-state index contributed by atoms with van der Waals surface area (Å²) in [5, 5.41) is 11.8. The number of nitrogens with one attached hydrogen (secondary N) is 1. The lowest BCUT2D eigenvalue weighted by atomic mass is 9.94. The van der Waals surface area contributed by atoms with Gasteiger partial charge in [0.15, 0.2) is 0 Å². The van der Waals surface area contributed by atoms with Gasteiger partial charge in [-0.1, -0.05) is 24.3 Å². The fourth-order valence-corrected chi connectivity index (χ4v) is 3.53. The van der Waals surface area contributed by atoms with Gasteiger partial charge in [0.05, 0.1) is 5.56 Å². The van der Waals surface area contributed by atoms with Gasteiger partial charge in [0, 0.05) is 25.2 Å². The van der Waals surface area contributed by atoms with E-state index in [0.717, 1.165) is 26.1 Å². The highest BCUT2D eigenvalue weighted by Crippen LogP contribution is 2.28. The molecule has 3 rings (SSSR count). The van der Waals surface area contributed by atoms with E-state index in [-0.39, 0.29) is 11.5 Å². The number of likely N-dealkylation sites (tertiary alicyclic amines) is 1. The number of aryl methyl sites for hydroxylation is 1. The summed E-state index contributed by atoms with van der Waals surface area (Å²) in [4.78, 5) is 25.4. The van der Waals surface area contributed by atoms with Crippen molar-refractivity contribution in [3.8, 4) is 0 Å². The first-order chi connectivity index (χ1) is 12.5. The molecular formula is C21H24N2O3. The van der Waals surface area contributed by atoms with Gasteiger partial charge in [-0.3, -0.25) is 4.79 Å². The summed E-state index contributed by atoms with van der Waals surface area (Å²) < 4.78 is 0. The second-order valence-corrected chi connectivity index (χ2v) is 6.78. The number of nitrogens with zero attached hydrogens (tertiary/aromatic N) is 1. The summed E-state index contributed by atoms with van der Waals surface area (Å²) in [6.45, 7) is 5.63. The number of carbonyl (C=O) groups excluding carboxylic acids is 1. The molecule has 1 unspecified atom stereocenters. The van der Waals surface area contributed by atoms with Crippen molar-refractivity contribution in [2.24, 2.45) is 0 Å². The molecule has 2 aromatic rings. The molecule has 1 aliphatic rings. The van der Waals surface area contributed by atoms with E-state index in [9.17, 15) is 9.59 Å². The lowest BCUT2D eigenvalue weighted by Crippen LogP contribution is -2.33. The number of aromatic carboxylic acids is 1. The zero-order valence-electron chi connectivity index (χ0n) is 14.9. The number of carbonyl (C=O) groups is 2. The van der Waals surface area contributed by atoms with E-state index >= 15 is 0 Å². The summed E-state index contributed by atoms with van der Waals surface area (Å²) in [5.41, 5.74) is 3.44. The fourth-order valence-electron chi connectivity index (χ4n) is 3.53. The Kier molecular flexibility index (Phi) is 5.68. The largest absolute Gasteiger partial charge is 0.478 e. The number of carboxylic acids is 1. The first-order valence-electron chi connectivity index (χ1n) is 8.94. The van der Waals surface area contributed by atoms with Crippen LogP contribution in [-0.2, 0) is 0 Å². The molecular weight excluding hydrogens is 328 g/mol. The Balaban J connectivity index is 1.46. The molecule has 0 radical (unpaired) electrons. The van der Waals surface area contributed by atoms with Gasteiger partial charge < -0.3 is 15.3 Å². The summed E-state index contributed by atoms with van der Waals surface area (Å²) in [7, 11) is 0. The van der Waals surface area contributed by atoms with Crippen molar-refractivity contribution in [3.63, 3.8) is 0 Å². The minimum Gasteiger partial charge on any atom is -0.478 e. The highest BCUT2D eigenvalue weighted by Gasteiger charge is 2.24. The molecule has 1 atom stereocenters. The quantitative estimate of drug-likeness (QED) is 0.839. The predicted molar refractivity (Wildman–Crippen MR) is 101 cm³/mol. The standard InChI is InChI=1S/C21H24N2O3/c1-15-4-2-3-5-19(15)18-10-12-23(14-18)13-11-22-20(24)16-6-8-17(9-7-16)21(25)26/h2-9,18H,10-14H2,1H3,(H,22,24)(H,25,26). The van der Waals surface area contributed by atoms with Crippen molar-refractivity contribution < 1.29 is 14.7 Å². The first kappa shape index (κ1) is 18.1. The molecule has 26 heavy (non-hydrogen) atoms. The lowest BCUT2D eigenvalue weighted by molar-refractivity contribution is 0.0696. The second-order valence-electron chi connectivity index (χ2n) is 6.78. The fraction of sp³-hybridized carbons (Fsp3) is 0.333. The SMILES string of the molecule is Cc1ccccc1C1CCN(CCNC(=O)c2ccc(C(=O)O)cc2)C1. The number of rotatable bonds is 6. The minimum atomic E-state index is -0.991. The van der Waals surface area contributed by atoms with E-state index < -0.39 is 5.97 Å². The minimum absolute atomic E-state index is 0.170. The summed E-state index contributed by atoms with van der Waals surface area (Å²) in [5.74, 6) is -0.596. The van der Waals surface area contributed by atoms with Gasteiger partial charge in [-0.25, -0.2) is 4.79 Å². The highest BCUT2D eigenvalue weighted by molar-refractivity contribution is 5.95. The van der Waals surface area contributed by atoms with E-state index in [1.807, 2.05) is 0 Å². The molecule has 1 saturated heterocycles. The average molecular weight is 352 g/mol. The molecule has 0 saturated carbocycles. The number of hydrogen-bond acceptors (Lipinski definition) is 3. The Hall–Kier alpha value is -2.66. The molecule has 0 aromatic heterocycles. The van der Waals surface area contributed by atoms with Crippen LogP contribution in [0.3, 0.4) is 0 Å². The van der Waals surface area contributed by atoms with Crippen molar-refractivity contribution >= 4 is 11.9 Å². The van der Waals surface area contributed by atoms with E-state index in [2.05, 4.69) is 41.4 Å². The third-order valence-corrected chi connectivity index (χ3v) is 5.01. The van der Waals surface area contributed by atoms with Crippen LogP contribution in [-0.4, -0.2) is 48.1 Å². The Morgan fingerprint density at radius 3 is 2.50 bits per heavy atom. The van der Waals surface area contributed by atoms with Crippen LogP contribution in [0, 0.1) is 6.92 Å². The Morgan fingerprint density at radius 1 is 1.12 bits per heavy atom. The van der Waals surface area contributed by atoms with Gasteiger partial charge in [0.1, 0.15) is 0 Å². The second kappa shape index (κ2) is 8.15. The number of amides is 1. The molecule has 1 fully saturated rings. The third-order valence-electron chi connectivity index (χ3n) is 5.01.